The van der Waals surface area contributed by atoms with Crippen LogP contribution >= 0.6 is 15.9 Å². The number of fused-ring (bicyclic) bond motifs is 3. The van der Waals surface area contributed by atoms with E-state index in [0.717, 1.165) is 70.0 Å². The van der Waals surface area contributed by atoms with Crippen LogP contribution in [0, 0.1) is 11.6 Å². The zero-order valence-electron chi connectivity index (χ0n) is 18.4. The van der Waals surface area contributed by atoms with E-state index in [-0.39, 0.29) is 0 Å². The molecular formula is C24H24BrF2N5O. The van der Waals surface area contributed by atoms with Crippen molar-refractivity contribution in [3.63, 3.8) is 0 Å². The van der Waals surface area contributed by atoms with Crippen molar-refractivity contribution < 1.29 is 13.5 Å². The molecular weight excluding hydrogens is 492 g/mol. The van der Waals surface area contributed by atoms with Crippen molar-refractivity contribution in [3.05, 3.63) is 52.6 Å². The van der Waals surface area contributed by atoms with Crippen molar-refractivity contribution in [1.82, 2.24) is 19.7 Å². The van der Waals surface area contributed by atoms with E-state index in [1.54, 1.807) is 6.20 Å². The van der Waals surface area contributed by atoms with Crippen LogP contribution < -0.4 is 10.1 Å². The molecule has 0 spiro atoms. The molecule has 0 bridgehead atoms. The summed E-state index contributed by atoms with van der Waals surface area (Å²) in [5.74, 6) is -0.565. The first-order valence-electron chi connectivity index (χ1n) is 10.9. The minimum atomic E-state index is -0.919. The van der Waals surface area contributed by atoms with Gasteiger partial charge in [-0.2, -0.15) is 5.10 Å². The van der Waals surface area contributed by atoms with Gasteiger partial charge in [0, 0.05) is 29.7 Å². The molecule has 0 aliphatic heterocycles. The molecule has 9 heteroatoms. The second-order valence-electron chi connectivity index (χ2n) is 8.61. The first-order valence-corrected chi connectivity index (χ1v) is 11.7. The molecule has 1 aliphatic carbocycles. The lowest BCUT2D eigenvalue weighted by molar-refractivity contribution is 0.280. The minimum absolute atomic E-state index is 0.403. The number of benzene rings is 2. The third-order valence-electron chi connectivity index (χ3n) is 5.77. The first-order chi connectivity index (χ1) is 15.9. The van der Waals surface area contributed by atoms with E-state index >= 15 is 0 Å². The number of aromatic nitrogens is 3. The molecule has 172 valence electrons. The number of nitrogens with zero attached hydrogens (tertiary/aromatic N) is 4. The van der Waals surface area contributed by atoms with Crippen LogP contribution in [-0.2, 0) is 0 Å². The van der Waals surface area contributed by atoms with Crippen LogP contribution in [0.25, 0.3) is 21.8 Å². The Morgan fingerprint density at radius 2 is 1.97 bits per heavy atom. The zero-order valence-corrected chi connectivity index (χ0v) is 20.0. The van der Waals surface area contributed by atoms with Gasteiger partial charge in [0.25, 0.3) is 0 Å². The van der Waals surface area contributed by atoms with Gasteiger partial charge in [-0.1, -0.05) is 0 Å². The van der Waals surface area contributed by atoms with E-state index in [2.05, 4.69) is 47.0 Å². The van der Waals surface area contributed by atoms with Crippen LogP contribution in [0.1, 0.15) is 25.3 Å². The Labute approximate surface area is 198 Å². The van der Waals surface area contributed by atoms with Gasteiger partial charge in [-0.15, -0.1) is 5.10 Å². The molecule has 5 rings (SSSR count). The van der Waals surface area contributed by atoms with Crippen LogP contribution in [0.15, 0.2) is 41.0 Å². The Hall–Kier alpha value is -2.78. The predicted octanol–water partition coefficient (Wildman–Crippen LogP) is 6.03. The predicted molar refractivity (Wildman–Crippen MR) is 129 cm³/mol. The maximum atomic E-state index is 13.8. The molecule has 4 aromatic rings. The molecule has 6 nitrogen and oxygen atoms in total. The monoisotopic (exact) mass is 515 g/mol. The Balaban J connectivity index is 1.60. The maximum absolute atomic E-state index is 13.8. The number of anilines is 2. The van der Waals surface area contributed by atoms with Gasteiger partial charge < -0.3 is 19.5 Å². The molecule has 0 atom stereocenters. The van der Waals surface area contributed by atoms with E-state index in [1.165, 1.54) is 6.07 Å². The molecule has 1 N–H and O–H groups in total. The maximum Gasteiger partial charge on any atom is 0.163 e. The van der Waals surface area contributed by atoms with Crippen LogP contribution in [0.4, 0.5) is 20.3 Å². The average molecular weight is 516 g/mol. The number of hydrogen-bond acceptors (Lipinski definition) is 5. The second kappa shape index (κ2) is 8.87. The highest BCUT2D eigenvalue weighted by Gasteiger charge is 2.29. The molecule has 0 radical (unpaired) electrons. The third kappa shape index (κ3) is 4.39. The molecule has 1 saturated carbocycles. The lowest BCUT2D eigenvalue weighted by atomic mass is 10.1. The third-order valence-corrected chi connectivity index (χ3v) is 6.39. The molecule has 2 aromatic carbocycles. The summed E-state index contributed by atoms with van der Waals surface area (Å²) in [4.78, 5) is 2.12. The van der Waals surface area contributed by atoms with Crippen LogP contribution in [0.3, 0.4) is 0 Å². The van der Waals surface area contributed by atoms with E-state index in [1.807, 2.05) is 20.2 Å². The molecule has 0 unspecified atom stereocenters. The summed E-state index contributed by atoms with van der Waals surface area (Å²) < 4.78 is 36.4. The normalized spacial score (nSPS) is 13.9. The quantitative estimate of drug-likeness (QED) is 0.290. The van der Waals surface area contributed by atoms with E-state index < -0.39 is 11.6 Å². The smallest absolute Gasteiger partial charge is 0.163 e. The van der Waals surface area contributed by atoms with Gasteiger partial charge in [-0.3, -0.25) is 0 Å². The lowest BCUT2D eigenvalue weighted by Crippen LogP contribution is -2.15. The molecule has 1 aliphatic rings. The minimum Gasteiger partial charge on any atom is -0.492 e. The van der Waals surface area contributed by atoms with E-state index in [9.17, 15) is 8.78 Å². The Morgan fingerprint density at radius 3 is 2.70 bits per heavy atom. The molecule has 33 heavy (non-hydrogen) atoms. The van der Waals surface area contributed by atoms with Crippen molar-refractivity contribution in [3.8, 4) is 5.75 Å². The summed E-state index contributed by atoms with van der Waals surface area (Å²) in [5, 5.41) is 13.5. The summed E-state index contributed by atoms with van der Waals surface area (Å²) in [5.41, 5.74) is 2.41. The zero-order chi connectivity index (χ0) is 23.1. The van der Waals surface area contributed by atoms with Gasteiger partial charge in [-0.05, 0) is 73.6 Å². The fraction of sp³-hybridized carbons (Fsp3) is 0.333. The number of rotatable bonds is 8. The van der Waals surface area contributed by atoms with Crippen molar-refractivity contribution >= 4 is 49.2 Å². The van der Waals surface area contributed by atoms with Crippen LogP contribution in [-0.4, -0.2) is 46.9 Å². The molecule has 1 fully saturated rings. The van der Waals surface area contributed by atoms with Crippen molar-refractivity contribution in [2.24, 2.45) is 0 Å². The summed E-state index contributed by atoms with van der Waals surface area (Å²) in [7, 11) is 4.08. The van der Waals surface area contributed by atoms with Gasteiger partial charge in [-0.25, -0.2) is 8.78 Å². The summed E-state index contributed by atoms with van der Waals surface area (Å²) in [6.07, 6.45) is 4.88. The van der Waals surface area contributed by atoms with Gasteiger partial charge in [0.1, 0.15) is 5.75 Å². The molecule has 0 amide bonds. The second-order valence-corrected chi connectivity index (χ2v) is 9.47. The first kappa shape index (κ1) is 22.0. The number of halogens is 3. The summed E-state index contributed by atoms with van der Waals surface area (Å²) >= 11 is 3.67. The standard InChI is InChI=1S/C24H24BrF2N5O/c1-31(2)8-3-9-33-22-11-16-20(12-17(22)25)32(15-5-6-15)21-13-28-30-24(23(16)21)29-14-4-7-18(26)19(27)10-14/h4,7,10-13,15H,3,5-6,8-9H2,1-2H3,(H,29,30). The Morgan fingerprint density at radius 1 is 1.15 bits per heavy atom. The lowest BCUT2D eigenvalue weighted by Gasteiger charge is -2.12. The average Bonchev–Trinajstić information content (AvgIpc) is 3.56. The van der Waals surface area contributed by atoms with Gasteiger partial charge in [0.05, 0.1) is 33.7 Å². The van der Waals surface area contributed by atoms with Crippen molar-refractivity contribution in [2.75, 3.05) is 32.6 Å². The molecule has 2 aromatic heterocycles. The van der Waals surface area contributed by atoms with Crippen molar-refractivity contribution in [2.45, 2.75) is 25.3 Å². The SMILES string of the molecule is CN(C)CCCOc1cc2c3c(Nc4ccc(F)c(F)c4)nncc3n(C3CC3)c2cc1Br. The van der Waals surface area contributed by atoms with Crippen molar-refractivity contribution in [1.29, 1.82) is 0 Å². The largest absolute Gasteiger partial charge is 0.492 e. The van der Waals surface area contributed by atoms with Gasteiger partial charge in [0.2, 0.25) is 0 Å². The van der Waals surface area contributed by atoms with E-state index in [0.29, 0.717) is 24.2 Å². The number of hydrogen-bond donors (Lipinski definition) is 1. The topological polar surface area (TPSA) is 55.2 Å². The summed E-state index contributed by atoms with van der Waals surface area (Å²) in [6.45, 7) is 1.54. The number of nitrogens with one attached hydrogen (secondary N) is 1. The highest BCUT2D eigenvalue weighted by atomic mass is 79.9. The van der Waals surface area contributed by atoms with Crippen LogP contribution in [0.2, 0.25) is 0 Å². The van der Waals surface area contributed by atoms with Crippen LogP contribution in [0.5, 0.6) is 5.75 Å². The fourth-order valence-electron chi connectivity index (χ4n) is 4.10. The molecule has 2 heterocycles. The van der Waals surface area contributed by atoms with E-state index in [4.69, 9.17) is 4.74 Å². The van der Waals surface area contributed by atoms with Gasteiger partial charge in [0.15, 0.2) is 17.5 Å². The highest BCUT2D eigenvalue weighted by Crippen LogP contribution is 2.46. The fourth-order valence-corrected chi connectivity index (χ4v) is 4.54. The molecule has 0 saturated heterocycles. The Kier molecular flexibility index (Phi) is 5.92. The van der Waals surface area contributed by atoms with Gasteiger partial charge >= 0.3 is 0 Å². The number of ether oxygens (including phenoxy) is 1. The highest BCUT2D eigenvalue weighted by molar-refractivity contribution is 9.10. The Bertz CT molecular complexity index is 1340. The summed E-state index contributed by atoms with van der Waals surface area (Å²) in [6, 6.07) is 8.20.